The van der Waals surface area contributed by atoms with Gasteiger partial charge in [-0.05, 0) is 19.3 Å². The Balaban J connectivity index is 1.93. The number of aromatic amines is 1. The maximum absolute atomic E-state index is 12.4. The molecule has 6 nitrogen and oxygen atoms in total. The van der Waals surface area contributed by atoms with Crippen molar-refractivity contribution in [1.82, 2.24) is 14.5 Å². The van der Waals surface area contributed by atoms with E-state index in [1.165, 1.54) is 12.4 Å². The summed E-state index contributed by atoms with van der Waals surface area (Å²) in [6, 6.07) is 0.00338. The molecule has 94 valence electrons. The van der Waals surface area contributed by atoms with Crippen LogP contribution in [0.5, 0.6) is 0 Å². The van der Waals surface area contributed by atoms with Crippen molar-refractivity contribution < 1.29 is 13.2 Å². The van der Waals surface area contributed by atoms with E-state index in [2.05, 4.69) is 10.2 Å². The molecule has 0 aromatic carbocycles. The molecular formula is C10H15N3O3S. The van der Waals surface area contributed by atoms with E-state index in [-0.39, 0.29) is 17.0 Å². The number of H-pyrrole nitrogens is 1. The molecule has 17 heavy (non-hydrogen) atoms. The van der Waals surface area contributed by atoms with Crippen LogP contribution in [-0.2, 0) is 14.8 Å². The van der Waals surface area contributed by atoms with Gasteiger partial charge in [0.25, 0.3) is 0 Å². The number of nitrogens with one attached hydrogen (secondary N) is 1. The van der Waals surface area contributed by atoms with Crippen LogP contribution in [0.1, 0.15) is 19.3 Å². The summed E-state index contributed by atoms with van der Waals surface area (Å²) < 4.78 is 32.0. The summed E-state index contributed by atoms with van der Waals surface area (Å²) in [5.41, 5.74) is 0. The number of nitrogens with zero attached hydrogens (tertiary/aromatic N) is 2. The largest absolute Gasteiger partial charge is 0.375 e. The number of hydrogen-bond donors (Lipinski definition) is 1. The number of fused-ring (bicyclic) bond motifs is 1. The van der Waals surface area contributed by atoms with Crippen LogP contribution in [0, 0.1) is 0 Å². The molecule has 1 aromatic rings. The minimum Gasteiger partial charge on any atom is -0.375 e. The molecule has 7 heteroatoms. The van der Waals surface area contributed by atoms with E-state index in [4.69, 9.17) is 4.74 Å². The van der Waals surface area contributed by atoms with Crippen LogP contribution in [0.15, 0.2) is 17.3 Å². The SMILES string of the molecule is O=S(=O)(c1cn[nH]c1)N1CCOC2CCCC21. The number of morpholine rings is 1. The van der Waals surface area contributed by atoms with Crippen molar-refractivity contribution in [2.45, 2.75) is 36.3 Å². The van der Waals surface area contributed by atoms with Crippen molar-refractivity contribution in [2.75, 3.05) is 13.2 Å². The normalized spacial score (nSPS) is 30.4. The first-order chi connectivity index (χ1) is 8.19. The Morgan fingerprint density at radius 3 is 3.12 bits per heavy atom. The van der Waals surface area contributed by atoms with Crippen LogP contribution >= 0.6 is 0 Å². The van der Waals surface area contributed by atoms with Crippen molar-refractivity contribution in [3.8, 4) is 0 Å². The van der Waals surface area contributed by atoms with Gasteiger partial charge in [0.1, 0.15) is 4.90 Å². The van der Waals surface area contributed by atoms with Crippen LogP contribution in [0.25, 0.3) is 0 Å². The third kappa shape index (κ3) is 1.78. The third-order valence-electron chi connectivity index (χ3n) is 3.51. The second-order valence-corrected chi connectivity index (χ2v) is 6.35. The summed E-state index contributed by atoms with van der Waals surface area (Å²) in [5, 5.41) is 6.25. The Hall–Kier alpha value is -0.920. The topological polar surface area (TPSA) is 75.3 Å². The number of sulfonamides is 1. The molecule has 1 aliphatic heterocycles. The van der Waals surface area contributed by atoms with Crippen LogP contribution in [0.3, 0.4) is 0 Å². The average Bonchev–Trinajstić information content (AvgIpc) is 2.99. The highest BCUT2D eigenvalue weighted by molar-refractivity contribution is 7.89. The van der Waals surface area contributed by atoms with Gasteiger partial charge >= 0.3 is 0 Å². The molecule has 0 bridgehead atoms. The van der Waals surface area contributed by atoms with Gasteiger partial charge in [0.15, 0.2) is 0 Å². The lowest BCUT2D eigenvalue weighted by Crippen LogP contribution is -2.51. The summed E-state index contributed by atoms with van der Waals surface area (Å²) in [7, 11) is -3.41. The van der Waals surface area contributed by atoms with Gasteiger partial charge in [-0.15, -0.1) is 0 Å². The molecule has 3 rings (SSSR count). The first-order valence-corrected chi connectivity index (χ1v) is 7.26. The molecule has 1 aromatic heterocycles. The molecule has 1 aliphatic carbocycles. The second-order valence-electron chi connectivity index (χ2n) is 4.46. The molecule has 1 N–H and O–H groups in total. The second kappa shape index (κ2) is 4.08. The zero-order valence-corrected chi connectivity index (χ0v) is 10.2. The molecule has 1 saturated carbocycles. The van der Waals surface area contributed by atoms with Crippen molar-refractivity contribution in [1.29, 1.82) is 0 Å². The highest BCUT2D eigenvalue weighted by atomic mass is 32.2. The van der Waals surface area contributed by atoms with E-state index < -0.39 is 10.0 Å². The van der Waals surface area contributed by atoms with Gasteiger partial charge in [0.2, 0.25) is 10.0 Å². The fourth-order valence-corrected chi connectivity index (χ4v) is 4.27. The first-order valence-electron chi connectivity index (χ1n) is 5.82. The van der Waals surface area contributed by atoms with Gasteiger partial charge in [0.05, 0.1) is 24.9 Å². The predicted molar refractivity (Wildman–Crippen MR) is 59.9 cm³/mol. The quantitative estimate of drug-likeness (QED) is 0.829. The van der Waals surface area contributed by atoms with Gasteiger partial charge in [-0.1, -0.05) is 0 Å². The molecule has 2 atom stereocenters. The van der Waals surface area contributed by atoms with Crippen molar-refractivity contribution in [3.05, 3.63) is 12.4 Å². The number of rotatable bonds is 2. The monoisotopic (exact) mass is 257 g/mol. The maximum Gasteiger partial charge on any atom is 0.246 e. The molecule has 2 unspecified atom stereocenters. The average molecular weight is 257 g/mol. The Morgan fingerprint density at radius 1 is 1.47 bits per heavy atom. The van der Waals surface area contributed by atoms with E-state index >= 15 is 0 Å². The zero-order chi connectivity index (χ0) is 11.9. The summed E-state index contributed by atoms with van der Waals surface area (Å²) in [5.74, 6) is 0. The van der Waals surface area contributed by atoms with Crippen LogP contribution in [0.2, 0.25) is 0 Å². The lowest BCUT2D eigenvalue weighted by atomic mass is 10.2. The molecule has 2 heterocycles. The van der Waals surface area contributed by atoms with E-state index in [9.17, 15) is 8.42 Å². The molecule has 0 radical (unpaired) electrons. The van der Waals surface area contributed by atoms with Crippen molar-refractivity contribution in [2.24, 2.45) is 0 Å². The van der Waals surface area contributed by atoms with Crippen molar-refractivity contribution in [3.63, 3.8) is 0 Å². The summed E-state index contributed by atoms with van der Waals surface area (Å²) >= 11 is 0. The lowest BCUT2D eigenvalue weighted by Gasteiger charge is -2.36. The van der Waals surface area contributed by atoms with Gasteiger partial charge in [-0.2, -0.15) is 9.40 Å². The predicted octanol–water partition coefficient (Wildman–Crippen LogP) is 0.352. The standard InChI is InChI=1S/C10H15N3O3S/c14-17(15,8-6-11-12-7-8)13-4-5-16-10-3-1-2-9(10)13/h6-7,9-10H,1-5H2,(H,11,12). The molecule has 0 spiro atoms. The van der Waals surface area contributed by atoms with Crippen LogP contribution in [-0.4, -0.2) is 48.2 Å². The van der Waals surface area contributed by atoms with Gasteiger partial charge in [-0.3, -0.25) is 5.10 Å². The fraction of sp³-hybridized carbons (Fsp3) is 0.700. The van der Waals surface area contributed by atoms with E-state index in [1.807, 2.05) is 0 Å². The van der Waals surface area contributed by atoms with Gasteiger partial charge < -0.3 is 4.74 Å². The number of ether oxygens (including phenoxy) is 1. The van der Waals surface area contributed by atoms with Crippen LogP contribution in [0.4, 0.5) is 0 Å². The first kappa shape index (κ1) is 11.2. The van der Waals surface area contributed by atoms with E-state index in [0.29, 0.717) is 13.2 Å². The van der Waals surface area contributed by atoms with Crippen molar-refractivity contribution >= 4 is 10.0 Å². The minimum atomic E-state index is -3.41. The highest BCUT2D eigenvalue weighted by Crippen LogP contribution is 2.33. The minimum absolute atomic E-state index is 0.00338. The molecular weight excluding hydrogens is 242 g/mol. The smallest absolute Gasteiger partial charge is 0.246 e. The number of hydrogen-bond acceptors (Lipinski definition) is 4. The molecule has 2 aliphatic rings. The summed E-state index contributed by atoms with van der Waals surface area (Å²) in [4.78, 5) is 0.241. The van der Waals surface area contributed by atoms with Gasteiger partial charge in [-0.25, -0.2) is 8.42 Å². The summed E-state index contributed by atoms with van der Waals surface area (Å²) in [6.45, 7) is 0.924. The zero-order valence-electron chi connectivity index (χ0n) is 9.37. The maximum atomic E-state index is 12.4. The van der Waals surface area contributed by atoms with Gasteiger partial charge in [0, 0.05) is 12.7 Å². The molecule has 2 fully saturated rings. The van der Waals surface area contributed by atoms with E-state index in [0.717, 1.165) is 19.3 Å². The third-order valence-corrected chi connectivity index (χ3v) is 5.40. The Labute approximate surface area is 100 Å². The highest BCUT2D eigenvalue weighted by Gasteiger charge is 2.42. The Kier molecular flexibility index (Phi) is 2.68. The Morgan fingerprint density at radius 2 is 2.35 bits per heavy atom. The Bertz CT molecular complexity index is 485. The fourth-order valence-electron chi connectivity index (χ4n) is 2.70. The molecule has 0 amide bonds. The van der Waals surface area contributed by atoms with Crippen LogP contribution < -0.4 is 0 Å². The lowest BCUT2D eigenvalue weighted by molar-refractivity contribution is -0.0241. The summed E-state index contributed by atoms with van der Waals surface area (Å²) in [6.07, 6.45) is 5.74. The molecule has 1 saturated heterocycles. The number of aromatic nitrogens is 2. The van der Waals surface area contributed by atoms with E-state index in [1.54, 1.807) is 4.31 Å².